The zero-order chi connectivity index (χ0) is 22.2. The molecule has 31 heavy (non-hydrogen) atoms. The van der Waals surface area contributed by atoms with Crippen LogP contribution in [0.1, 0.15) is 50.9 Å². The monoisotopic (exact) mass is 442 g/mol. The SMILES string of the molecule is CC(C)(C)OC(=O)n1nc(C2CC2)cc1NC(=O)Cc1ccn(-c2cccc(Cl)n2)n1. The van der Waals surface area contributed by atoms with Crippen LogP contribution in [0.3, 0.4) is 0 Å². The van der Waals surface area contributed by atoms with Gasteiger partial charge in [-0.2, -0.15) is 10.2 Å². The molecule has 9 nitrogen and oxygen atoms in total. The molecule has 3 aromatic heterocycles. The Morgan fingerprint density at radius 2 is 2.00 bits per heavy atom. The minimum atomic E-state index is -0.675. The third-order valence-electron chi connectivity index (χ3n) is 4.48. The van der Waals surface area contributed by atoms with Crippen molar-refractivity contribution in [3.63, 3.8) is 0 Å². The lowest BCUT2D eigenvalue weighted by molar-refractivity contribution is -0.115. The van der Waals surface area contributed by atoms with E-state index in [1.165, 1.54) is 0 Å². The highest BCUT2D eigenvalue weighted by Crippen LogP contribution is 2.40. The zero-order valence-electron chi connectivity index (χ0n) is 17.5. The number of aromatic nitrogens is 5. The van der Waals surface area contributed by atoms with E-state index < -0.39 is 11.7 Å². The van der Waals surface area contributed by atoms with Crippen molar-refractivity contribution in [1.82, 2.24) is 24.5 Å². The van der Waals surface area contributed by atoms with Gasteiger partial charge in [0.2, 0.25) is 5.91 Å². The fraction of sp³-hybridized carbons (Fsp3) is 0.381. The van der Waals surface area contributed by atoms with Crippen LogP contribution in [0.4, 0.5) is 10.6 Å². The number of carbonyl (C=O) groups excluding carboxylic acids is 2. The molecule has 1 fully saturated rings. The van der Waals surface area contributed by atoms with Gasteiger partial charge in [-0.1, -0.05) is 17.7 Å². The molecule has 0 unspecified atom stereocenters. The van der Waals surface area contributed by atoms with Crippen molar-refractivity contribution < 1.29 is 14.3 Å². The van der Waals surface area contributed by atoms with Gasteiger partial charge in [-0.3, -0.25) is 4.79 Å². The van der Waals surface area contributed by atoms with Crippen molar-refractivity contribution in [2.75, 3.05) is 5.32 Å². The molecule has 0 spiro atoms. The second kappa shape index (κ2) is 8.14. The van der Waals surface area contributed by atoms with Crippen molar-refractivity contribution in [2.45, 2.75) is 51.6 Å². The van der Waals surface area contributed by atoms with E-state index in [2.05, 4.69) is 20.5 Å². The number of carbonyl (C=O) groups is 2. The molecule has 4 rings (SSSR count). The summed E-state index contributed by atoms with van der Waals surface area (Å²) in [5.74, 6) is 0.838. The Hall–Kier alpha value is -3.20. The summed E-state index contributed by atoms with van der Waals surface area (Å²) in [6.07, 6.45) is 3.14. The van der Waals surface area contributed by atoms with Crippen LogP contribution >= 0.6 is 11.6 Å². The predicted octanol–water partition coefficient (Wildman–Crippen LogP) is 3.96. The normalized spacial score (nSPS) is 13.8. The lowest BCUT2D eigenvalue weighted by Gasteiger charge is -2.19. The summed E-state index contributed by atoms with van der Waals surface area (Å²) in [6, 6.07) is 8.67. The van der Waals surface area contributed by atoms with Crippen LogP contribution in [-0.4, -0.2) is 42.1 Å². The Balaban J connectivity index is 1.48. The van der Waals surface area contributed by atoms with E-state index in [0.717, 1.165) is 23.2 Å². The van der Waals surface area contributed by atoms with Gasteiger partial charge in [-0.25, -0.2) is 14.5 Å². The quantitative estimate of drug-likeness (QED) is 0.600. The molecule has 0 atom stereocenters. The molecule has 3 aromatic rings. The smallest absolute Gasteiger partial charge is 0.437 e. The van der Waals surface area contributed by atoms with E-state index in [1.807, 2.05) is 0 Å². The number of ether oxygens (including phenoxy) is 1. The first-order chi connectivity index (χ1) is 14.7. The summed E-state index contributed by atoms with van der Waals surface area (Å²) in [6.45, 7) is 5.33. The van der Waals surface area contributed by atoms with Crippen LogP contribution in [0.15, 0.2) is 36.5 Å². The van der Waals surface area contributed by atoms with Gasteiger partial charge in [0.1, 0.15) is 16.6 Å². The Labute approximate surface area is 184 Å². The molecule has 0 bridgehead atoms. The maximum Gasteiger partial charge on any atom is 0.437 e. The molecule has 0 aromatic carbocycles. The highest BCUT2D eigenvalue weighted by molar-refractivity contribution is 6.29. The van der Waals surface area contributed by atoms with Gasteiger partial charge in [-0.05, 0) is 51.8 Å². The van der Waals surface area contributed by atoms with Gasteiger partial charge >= 0.3 is 6.09 Å². The largest absolute Gasteiger partial charge is 0.442 e. The molecule has 1 amide bonds. The summed E-state index contributed by atoms with van der Waals surface area (Å²) in [5.41, 5.74) is 0.646. The fourth-order valence-electron chi connectivity index (χ4n) is 2.97. The number of amides is 1. The van der Waals surface area contributed by atoms with Crippen molar-refractivity contribution in [2.24, 2.45) is 0 Å². The second-order valence-corrected chi connectivity index (χ2v) is 8.80. The third-order valence-corrected chi connectivity index (χ3v) is 4.69. The molecule has 10 heteroatoms. The van der Waals surface area contributed by atoms with Crippen LogP contribution in [0.25, 0.3) is 5.82 Å². The van der Waals surface area contributed by atoms with Crippen LogP contribution in [0.5, 0.6) is 0 Å². The molecule has 0 radical (unpaired) electrons. The Bertz CT molecular complexity index is 1130. The Morgan fingerprint density at radius 1 is 1.23 bits per heavy atom. The highest BCUT2D eigenvalue weighted by Gasteiger charge is 2.30. The van der Waals surface area contributed by atoms with E-state index in [9.17, 15) is 9.59 Å². The maximum atomic E-state index is 12.6. The molecule has 1 saturated carbocycles. The Kier molecular flexibility index (Phi) is 5.53. The number of rotatable bonds is 5. The van der Waals surface area contributed by atoms with E-state index in [0.29, 0.717) is 22.6 Å². The van der Waals surface area contributed by atoms with Gasteiger partial charge in [0.05, 0.1) is 17.8 Å². The average Bonchev–Trinajstić information content (AvgIpc) is 3.28. The first-order valence-corrected chi connectivity index (χ1v) is 10.4. The maximum absolute atomic E-state index is 12.6. The van der Waals surface area contributed by atoms with E-state index >= 15 is 0 Å². The number of anilines is 1. The standard InChI is InChI=1S/C21H23ClN6O3/c1-21(2,3)31-20(30)28-18(12-15(26-28)13-7-8-13)24-19(29)11-14-9-10-27(25-14)17-6-4-5-16(22)23-17/h4-6,9-10,12-13H,7-8,11H2,1-3H3,(H,24,29). The topological polar surface area (TPSA) is 104 Å². The number of pyridine rings is 1. The van der Waals surface area contributed by atoms with Gasteiger partial charge < -0.3 is 10.1 Å². The van der Waals surface area contributed by atoms with Crippen molar-refractivity contribution in [1.29, 1.82) is 0 Å². The number of halogens is 1. The third kappa shape index (κ3) is 5.29. The highest BCUT2D eigenvalue weighted by atomic mass is 35.5. The first-order valence-electron chi connectivity index (χ1n) is 9.98. The Morgan fingerprint density at radius 3 is 2.68 bits per heavy atom. The van der Waals surface area contributed by atoms with Gasteiger partial charge in [0.25, 0.3) is 0 Å². The van der Waals surface area contributed by atoms with Gasteiger partial charge in [-0.15, -0.1) is 4.68 Å². The summed E-state index contributed by atoms with van der Waals surface area (Å²) < 4.78 is 8.08. The summed E-state index contributed by atoms with van der Waals surface area (Å²) >= 11 is 5.92. The number of hydrogen-bond acceptors (Lipinski definition) is 6. The molecule has 1 aliphatic rings. The number of nitrogens with zero attached hydrogens (tertiary/aromatic N) is 5. The molecule has 0 aliphatic heterocycles. The van der Waals surface area contributed by atoms with Crippen LogP contribution in [0.2, 0.25) is 5.15 Å². The van der Waals surface area contributed by atoms with Gasteiger partial charge in [0, 0.05) is 18.2 Å². The molecule has 3 heterocycles. The van der Waals surface area contributed by atoms with Crippen LogP contribution < -0.4 is 5.32 Å². The van der Waals surface area contributed by atoms with Crippen molar-refractivity contribution >= 4 is 29.4 Å². The lowest BCUT2D eigenvalue weighted by Crippen LogP contribution is -2.29. The van der Waals surface area contributed by atoms with Crippen LogP contribution in [-0.2, 0) is 16.0 Å². The minimum absolute atomic E-state index is 0.0197. The molecule has 1 aliphatic carbocycles. The first kappa shape index (κ1) is 21.0. The minimum Gasteiger partial charge on any atom is -0.442 e. The van der Waals surface area contributed by atoms with Crippen molar-refractivity contribution in [3.8, 4) is 5.82 Å². The molecule has 162 valence electrons. The average molecular weight is 443 g/mol. The fourth-order valence-corrected chi connectivity index (χ4v) is 3.13. The lowest BCUT2D eigenvalue weighted by atomic mass is 10.2. The molecular weight excluding hydrogens is 420 g/mol. The second-order valence-electron chi connectivity index (χ2n) is 8.42. The summed E-state index contributed by atoms with van der Waals surface area (Å²) in [7, 11) is 0. The number of hydrogen-bond donors (Lipinski definition) is 1. The predicted molar refractivity (Wildman–Crippen MR) is 115 cm³/mol. The molecule has 0 saturated heterocycles. The molecular formula is C21H23ClN6O3. The van der Waals surface area contributed by atoms with E-state index in [1.54, 1.807) is 62.0 Å². The zero-order valence-corrected chi connectivity index (χ0v) is 18.3. The summed E-state index contributed by atoms with van der Waals surface area (Å²) in [4.78, 5) is 29.4. The number of nitrogens with one attached hydrogen (secondary N) is 1. The van der Waals surface area contributed by atoms with E-state index in [4.69, 9.17) is 16.3 Å². The molecule has 1 N–H and O–H groups in total. The van der Waals surface area contributed by atoms with Crippen LogP contribution in [0, 0.1) is 0 Å². The summed E-state index contributed by atoms with van der Waals surface area (Å²) in [5, 5.41) is 11.8. The van der Waals surface area contributed by atoms with E-state index in [-0.39, 0.29) is 18.1 Å². The van der Waals surface area contributed by atoms with Crippen molar-refractivity contribution in [3.05, 3.63) is 53.1 Å². The van der Waals surface area contributed by atoms with Gasteiger partial charge in [0.15, 0.2) is 5.82 Å².